The van der Waals surface area contributed by atoms with E-state index in [4.69, 9.17) is 23.2 Å². The Balaban J connectivity index is 0.000000391. The maximum atomic E-state index is 13.6. The number of carbonyl (C=O) groups is 2. The van der Waals surface area contributed by atoms with Gasteiger partial charge in [0.1, 0.15) is 5.82 Å². The molecule has 0 spiro atoms. The van der Waals surface area contributed by atoms with Crippen molar-refractivity contribution in [3.63, 3.8) is 0 Å². The minimum atomic E-state index is -0.511. The third-order valence-corrected chi connectivity index (χ3v) is 6.54. The SMILES string of the molecule is CC(C)(C)C.CC(CNCc1cc(F)c(Cl)cc1NC=O)c1cccc(Cl)c1.CN1CCN(CCCNC=O)CC1. The van der Waals surface area contributed by atoms with Crippen molar-refractivity contribution < 1.29 is 14.0 Å². The average Bonchev–Trinajstić information content (AvgIpc) is 2.90. The van der Waals surface area contributed by atoms with Gasteiger partial charge in [0.05, 0.1) is 5.02 Å². The van der Waals surface area contributed by atoms with Gasteiger partial charge in [-0.15, -0.1) is 0 Å². The molecule has 1 atom stereocenters. The third kappa shape index (κ3) is 17.4. The molecule has 1 saturated heterocycles. The number of amides is 2. The minimum absolute atomic E-state index is 0.0228. The van der Waals surface area contributed by atoms with Gasteiger partial charge in [-0.2, -0.15) is 0 Å². The van der Waals surface area contributed by atoms with Crippen molar-refractivity contribution in [2.45, 2.75) is 53.5 Å². The summed E-state index contributed by atoms with van der Waals surface area (Å²) in [6.07, 6.45) is 2.37. The van der Waals surface area contributed by atoms with E-state index < -0.39 is 5.82 Å². The summed E-state index contributed by atoms with van der Waals surface area (Å²) in [5, 5.41) is 9.15. The van der Waals surface area contributed by atoms with Crippen molar-refractivity contribution in [1.82, 2.24) is 20.4 Å². The average molecular weight is 613 g/mol. The van der Waals surface area contributed by atoms with Gasteiger partial charge < -0.3 is 25.8 Å². The number of likely N-dealkylation sites (N-methyl/N-ethyl adjacent to an activating group) is 1. The number of anilines is 1. The number of rotatable bonds is 12. The Morgan fingerprint density at radius 2 is 1.68 bits per heavy atom. The highest BCUT2D eigenvalue weighted by Crippen LogP contribution is 2.24. The molecule has 2 aromatic rings. The largest absolute Gasteiger partial charge is 0.359 e. The second kappa shape index (κ2) is 19.8. The monoisotopic (exact) mass is 611 g/mol. The zero-order chi connectivity index (χ0) is 30.8. The highest BCUT2D eigenvalue weighted by atomic mass is 35.5. The van der Waals surface area contributed by atoms with Crippen molar-refractivity contribution in [2.24, 2.45) is 5.41 Å². The van der Waals surface area contributed by atoms with Crippen LogP contribution >= 0.6 is 23.2 Å². The van der Waals surface area contributed by atoms with Crippen LogP contribution in [0.25, 0.3) is 0 Å². The van der Waals surface area contributed by atoms with Crippen LogP contribution in [-0.4, -0.2) is 75.5 Å². The molecular formula is C31H48Cl2FN5O2. The molecule has 7 nitrogen and oxygen atoms in total. The molecule has 3 N–H and O–H groups in total. The van der Waals surface area contributed by atoms with E-state index in [1.54, 1.807) is 0 Å². The normalized spacial score (nSPS) is 14.6. The van der Waals surface area contributed by atoms with Gasteiger partial charge in [-0.25, -0.2) is 4.39 Å². The Morgan fingerprint density at radius 3 is 2.27 bits per heavy atom. The van der Waals surface area contributed by atoms with Gasteiger partial charge in [-0.1, -0.05) is 70.0 Å². The van der Waals surface area contributed by atoms with Crippen molar-refractivity contribution in [1.29, 1.82) is 0 Å². The summed E-state index contributed by atoms with van der Waals surface area (Å²) >= 11 is 11.7. The number of benzene rings is 2. The first-order chi connectivity index (χ1) is 19.3. The maximum absolute atomic E-state index is 13.6. The molecule has 1 unspecified atom stereocenters. The van der Waals surface area contributed by atoms with E-state index in [9.17, 15) is 14.0 Å². The van der Waals surface area contributed by atoms with Crippen LogP contribution in [-0.2, 0) is 16.1 Å². The highest BCUT2D eigenvalue weighted by Gasteiger charge is 2.12. The molecule has 0 saturated carbocycles. The highest BCUT2D eigenvalue weighted by molar-refractivity contribution is 6.31. The van der Waals surface area contributed by atoms with Gasteiger partial charge in [0.25, 0.3) is 0 Å². The Hall–Kier alpha value is -2.23. The number of nitrogens with zero attached hydrogens (tertiary/aromatic N) is 2. The van der Waals surface area contributed by atoms with Crippen molar-refractivity contribution in [2.75, 3.05) is 58.2 Å². The second-order valence-corrected chi connectivity index (χ2v) is 12.7. The van der Waals surface area contributed by atoms with E-state index in [1.165, 1.54) is 25.2 Å². The predicted octanol–water partition coefficient (Wildman–Crippen LogP) is 6.02. The van der Waals surface area contributed by atoms with Crippen LogP contribution in [0.3, 0.4) is 0 Å². The van der Waals surface area contributed by atoms with E-state index >= 15 is 0 Å². The van der Waals surface area contributed by atoms with E-state index in [0.717, 1.165) is 44.6 Å². The quantitative estimate of drug-likeness (QED) is 0.202. The number of nitrogens with one attached hydrogen (secondary N) is 3. The summed E-state index contributed by atoms with van der Waals surface area (Å²) in [6, 6.07) is 10.4. The molecule has 1 fully saturated rings. The van der Waals surface area contributed by atoms with Crippen LogP contribution in [0.2, 0.25) is 10.0 Å². The van der Waals surface area contributed by atoms with Gasteiger partial charge >= 0.3 is 0 Å². The molecule has 41 heavy (non-hydrogen) atoms. The fourth-order valence-electron chi connectivity index (χ4n) is 3.82. The molecule has 1 aliphatic heterocycles. The van der Waals surface area contributed by atoms with Crippen molar-refractivity contribution in [3.8, 4) is 0 Å². The summed E-state index contributed by atoms with van der Waals surface area (Å²) < 4.78 is 13.6. The Bertz CT molecular complexity index is 1040. The lowest BCUT2D eigenvalue weighted by Crippen LogP contribution is -2.45. The minimum Gasteiger partial charge on any atom is -0.359 e. The molecule has 1 aliphatic rings. The number of carbonyl (C=O) groups excluding carboxylic acids is 2. The molecule has 2 amide bonds. The van der Waals surface area contributed by atoms with Gasteiger partial charge in [0.2, 0.25) is 12.8 Å². The van der Waals surface area contributed by atoms with Crippen LogP contribution in [0, 0.1) is 11.2 Å². The van der Waals surface area contributed by atoms with Crippen molar-refractivity contribution >= 4 is 41.7 Å². The molecule has 230 valence electrons. The molecule has 0 radical (unpaired) electrons. The fraction of sp³-hybridized carbons (Fsp3) is 0.548. The maximum Gasteiger partial charge on any atom is 0.211 e. The van der Waals surface area contributed by atoms with Gasteiger partial charge in [0.15, 0.2) is 0 Å². The third-order valence-electron chi connectivity index (χ3n) is 6.02. The summed E-state index contributed by atoms with van der Waals surface area (Å²) in [4.78, 5) is 25.4. The van der Waals surface area contributed by atoms with Crippen LogP contribution in [0.15, 0.2) is 36.4 Å². The Kier molecular flexibility index (Phi) is 17.8. The number of hydrogen-bond donors (Lipinski definition) is 3. The molecule has 1 heterocycles. The smallest absolute Gasteiger partial charge is 0.211 e. The standard InChI is InChI=1S/C17H17Cl2FN2O.C9H19N3O.C5H12/c1-11(12-3-2-4-14(18)5-12)8-21-9-13-6-16(20)15(19)7-17(13)22-10-23;1-11-5-7-12(8-6-11)4-2-3-10-9-13;1-5(2,3)4/h2-7,10-11,21H,8-9H2,1H3,(H,22,23);9H,2-8H2,1H3,(H,10,13);1-4H3. The Morgan fingerprint density at radius 1 is 1.02 bits per heavy atom. The second-order valence-electron chi connectivity index (χ2n) is 11.8. The zero-order valence-electron chi connectivity index (χ0n) is 25.4. The van der Waals surface area contributed by atoms with E-state index in [-0.39, 0.29) is 10.9 Å². The van der Waals surface area contributed by atoms with Gasteiger partial charge in [-0.05, 0) is 66.7 Å². The van der Waals surface area contributed by atoms with Crippen LogP contribution in [0.5, 0.6) is 0 Å². The molecule has 3 rings (SSSR count). The summed E-state index contributed by atoms with van der Waals surface area (Å²) in [5.74, 6) is -0.267. The molecule has 0 bridgehead atoms. The molecule has 0 aliphatic carbocycles. The number of piperazine rings is 1. The Labute approximate surface area is 256 Å². The van der Waals surface area contributed by atoms with Crippen molar-refractivity contribution in [3.05, 3.63) is 63.4 Å². The zero-order valence-corrected chi connectivity index (χ0v) is 26.9. The topological polar surface area (TPSA) is 76.7 Å². The first-order valence-electron chi connectivity index (χ1n) is 14.1. The van der Waals surface area contributed by atoms with Crippen LogP contribution in [0.4, 0.5) is 10.1 Å². The van der Waals surface area contributed by atoms with E-state index in [2.05, 4.69) is 67.4 Å². The first kappa shape index (κ1) is 36.8. The van der Waals surface area contributed by atoms with Gasteiger partial charge in [-0.3, -0.25) is 9.59 Å². The fourth-order valence-corrected chi connectivity index (χ4v) is 4.18. The molecule has 2 aromatic carbocycles. The van der Waals surface area contributed by atoms with Crippen LogP contribution in [0.1, 0.15) is 58.1 Å². The van der Waals surface area contributed by atoms with Crippen LogP contribution < -0.4 is 16.0 Å². The molecular weight excluding hydrogens is 564 g/mol. The lowest BCUT2D eigenvalue weighted by Gasteiger charge is -2.32. The summed E-state index contributed by atoms with van der Waals surface area (Å²) in [7, 11) is 2.16. The summed E-state index contributed by atoms with van der Waals surface area (Å²) in [5.41, 5.74) is 2.75. The van der Waals surface area contributed by atoms with E-state index in [0.29, 0.717) is 41.2 Å². The predicted molar refractivity (Wildman–Crippen MR) is 170 cm³/mol. The number of hydrogen-bond acceptors (Lipinski definition) is 5. The molecule has 0 aromatic heterocycles. The van der Waals surface area contributed by atoms with Gasteiger partial charge in [0, 0.05) is 56.5 Å². The number of halogens is 3. The lowest BCUT2D eigenvalue weighted by molar-refractivity contribution is -0.109. The summed E-state index contributed by atoms with van der Waals surface area (Å²) in [6.45, 7) is 18.5. The first-order valence-corrected chi connectivity index (χ1v) is 14.8. The lowest BCUT2D eigenvalue weighted by atomic mass is 10.0. The van der Waals surface area contributed by atoms with E-state index in [1.807, 2.05) is 24.3 Å². The molecule has 10 heteroatoms.